The molecule has 4 heteroatoms. The van der Waals surface area contributed by atoms with Crippen molar-refractivity contribution in [1.82, 2.24) is 14.7 Å². The van der Waals surface area contributed by atoms with Crippen LogP contribution in [0.4, 0.5) is 0 Å². The van der Waals surface area contributed by atoms with Crippen molar-refractivity contribution in [3.05, 3.63) is 36.4 Å². The van der Waals surface area contributed by atoms with Gasteiger partial charge in [-0.1, -0.05) is 0 Å². The van der Waals surface area contributed by atoms with Crippen LogP contribution in [0.5, 0.6) is 0 Å². The molecule has 0 radical (unpaired) electrons. The monoisotopic (exact) mass is 201 g/mol. The zero-order chi connectivity index (χ0) is 10.3. The Balaban J connectivity index is 1.98. The number of carbonyl (C=O) groups is 1. The third kappa shape index (κ3) is 1.48. The Kier molecular flexibility index (Phi) is 1.74. The molecule has 4 nitrogen and oxygen atoms in total. The molecule has 1 N–H and O–H groups in total. The molecule has 1 amide bonds. The van der Waals surface area contributed by atoms with E-state index in [0.717, 1.165) is 18.4 Å². The van der Waals surface area contributed by atoms with Gasteiger partial charge in [0.2, 0.25) is 0 Å². The van der Waals surface area contributed by atoms with Gasteiger partial charge in [-0.3, -0.25) is 9.78 Å². The molecule has 1 aliphatic rings. The van der Waals surface area contributed by atoms with Crippen molar-refractivity contribution in [3.63, 3.8) is 0 Å². The van der Waals surface area contributed by atoms with Crippen molar-refractivity contribution >= 4 is 11.4 Å². The summed E-state index contributed by atoms with van der Waals surface area (Å²) in [6.07, 6.45) is 7.44. The normalized spacial score (nSPS) is 15.5. The molecular weight excluding hydrogens is 190 g/mol. The highest BCUT2D eigenvalue weighted by Crippen LogP contribution is 2.19. The molecule has 3 rings (SSSR count). The van der Waals surface area contributed by atoms with Crippen LogP contribution < -0.4 is 5.32 Å². The number of rotatable bonds is 2. The van der Waals surface area contributed by atoms with Gasteiger partial charge in [0, 0.05) is 18.4 Å². The maximum Gasteiger partial charge on any atom is 0.268 e. The summed E-state index contributed by atoms with van der Waals surface area (Å²) in [7, 11) is 0. The minimum Gasteiger partial charge on any atom is -0.348 e. The van der Waals surface area contributed by atoms with Gasteiger partial charge in [-0.15, -0.1) is 0 Å². The molecule has 0 atom stereocenters. The molecule has 0 saturated heterocycles. The molecule has 1 fully saturated rings. The first-order valence-corrected chi connectivity index (χ1v) is 5.06. The Hall–Kier alpha value is -1.84. The predicted octanol–water partition coefficient (Wildman–Crippen LogP) is 1.23. The average Bonchev–Trinajstić information content (AvgIpc) is 2.96. The highest BCUT2D eigenvalue weighted by Gasteiger charge is 2.24. The number of hydrogen-bond donors (Lipinski definition) is 1. The lowest BCUT2D eigenvalue weighted by molar-refractivity contribution is 0.0945. The van der Waals surface area contributed by atoms with Crippen LogP contribution in [0.25, 0.3) is 5.52 Å². The molecule has 2 aromatic rings. The lowest BCUT2D eigenvalue weighted by atomic mass is 10.4. The molecule has 0 aromatic carbocycles. The minimum atomic E-state index is 0.00343. The largest absolute Gasteiger partial charge is 0.348 e. The molecule has 76 valence electrons. The fourth-order valence-electron chi connectivity index (χ4n) is 1.63. The number of aromatic nitrogens is 2. The molecule has 0 spiro atoms. The van der Waals surface area contributed by atoms with Gasteiger partial charge in [0.25, 0.3) is 5.91 Å². The second-order valence-corrected chi connectivity index (χ2v) is 3.84. The zero-order valence-electron chi connectivity index (χ0n) is 8.18. The standard InChI is InChI=1S/C11H11N3O/c15-11(13-8-1-2-8)10-4-3-9-7-12-5-6-14(9)10/h3-8H,1-2H2,(H,13,15). The van der Waals surface area contributed by atoms with Crippen molar-refractivity contribution in [1.29, 1.82) is 0 Å². The van der Waals surface area contributed by atoms with Crippen molar-refractivity contribution in [2.75, 3.05) is 0 Å². The van der Waals surface area contributed by atoms with E-state index in [2.05, 4.69) is 10.3 Å². The SMILES string of the molecule is O=C(NC1CC1)c1ccc2cnccn12. The van der Waals surface area contributed by atoms with Gasteiger partial charge in [-0.25, -0.2) is 0 Å². The summed E-state index contributed by atoms with van der Waals surface area (Å²) in [5.41, 5.74) is 1.62. The molecule has 1 aliphatic carbocycles. The van der Waals surface area contributed by atoms with Crippen LogP contribution in [-0.2, 0) is 0 Å². The van der Waals surface area contributed by atoms with E-state index in [0.29, 0.717) is 11.7 Å². The zero-order valence-corrected chi connectivity index (χ0v) is 8.18. The number of nitrogens with zero attached hydrogens (tertiary/aromatic N) is 2. The van der Waals surface area contributed by atoms with Gasteiger partial charge in [-0.05, 0) is 25.0 Å². The van der Waals surface area contributed by atoms with Gasteiger partial charge in [-0.2, -0.15) is 0 Å². The Morgan fingerprint density at radius 2 is 2.33 bits per heavy atom. The summed E-state index contributed by atoms with van der Waals surface area (Å²) in [6, 6.07) is 4.12. The number of hydrogen-bond acceptors (Lipinski definition) is 2. The molecule has 0 unspecified atom stereocenters. The fourth-order valence-corrected chi connectivity index (χ4v) is 1.63. The van der Waals surface area contributed by atoms with E-state index in [1.165, 1.54) is 0 Å². The first-order chi connectivity index (χ1) is 7.34. The second-order valence-electron chi connectivity index (χ2n) is 3.84. The Bertz CT molecular complexity index is 513. The first kappa shape index (κ1) is 8.47. The summed E-state index contributed by atoms with van der Waals surface area (Å²) in [5, 5.41) is 2.97. The predicted molar refractivity (Wildman–Crippen MR) is 55.7 cm³/mol. The molecule has 1 saturated carbocycles. The maximum atomic E-state index is 11.8. The van der Waals surface area contributed by atoms with Gasteiger partial charge in [0.1, 0.15) is 5.69 Å². The Labute approximate surface area is 86.9 Å². The highest BCUT2D eigenvalue weighted by molar-refractivity contribution is 5.94. The Morgan fingerprint density at radius 3 is 3.13 bits per heavy atom. The molecule has 15 heavy (non-hydrogen) atoms. The topological polar surface area (TPSA) is 46.4 Å². The molecule has 2 aromatic heterocycles. The third-order valence-corrected chi connectivity index (χ3v) is 2.60. The fraction of sp³-hybridized carbons (Fsp3) is 0.273. The number of fused-ring (bicyclic) bond motifs is 1. The summed E-state index contributed by atoms with van der Waals surface area (Å²) in [5.74, 6) is 0.00343. The molecular formula is C11H11N3O. The average molecular weight is 201 g/mol. The lowest BCUT2D eigenvalue weighted by Gasteiger charge is -2.03. The number of nitrogens with one attached hydrogen (secondary N) is 1. The summed E-state index contributed by atoms with van der Waals surface area (Å²) in [6.45, 7) is 0. The maximum absolute atomic E-state index is 11.8. The van der Waals surface area contributed by atoms with E-state index < -0.39 is 0 Å². The van der Waals surface area contributed by atoms with Crippen LogP contribution in [-0.4, -0.2) is 21.3 Å². The quantitative estimate of drug-likeness (QED) is 0.794. The molecule has 0 bridgehead atoms. The van der Waals surface area contributed by atoms with Crippen molar-refractivity contribution in [2.24, 2.45) is 0 Å². The van der Waals surface area contributed by atoms with Gasteiger partial charge >= 0.3 is 0 Å². The number of amides is 1. The molecule has 0 aliphatic heterocycles. The van der Waals surface area contributed by atoms with E-state index >= 15 is 0 Å². The van der Waals surface area contributed by atoms with Crippen LogP contribution in [0.15, 0.2) is 30.7 Å². The summed E-state index contributed by atoms with van der Waals surface area (Å²) >= 11 is 0. The van der Waals surface area contributed by atoms with E-state index in [9.17, 15) is 4.79 Å². The number of carbonyl (C=O) groups excluding carboxylic acids is 1. The van der Waals surface area contributed by atoms with Crippen molar-refractivity contribution in [2.45, 2.75) is 18.9 Å². The van der Waals surface area contributed by atoms with Gasteiger partial charge < -0.3 is 9.72 Å². The van der Waals surface area contributed by atoms with E-state index in [1.807, 2.05) is 16.5 Å². The van der Waals surface area contributed by atoms with Crippen LogP contribution in [0, 0.1) is 0 Å². The second kappa shape index (κ2) is 3.08. The van der Waals surface area contributed by atoms with E-state index in [1.54, 1.807) is 18.6 Å². The third-order valence-electron chi connectivity index (χ3n) is 2.60. The van der Waals surface area contributed by atoms with Gasteiger partial charge in [0.15, 0.2) is 0 Å². The summed E-state index contributed by atoms with van der Waals surface area (Å²) in [4.78, 5) is 15.8. The van der Waals surface area contributed by atoms with Crippen LogP contribution in [0.3, 0.4) is 0 Å². The Morgan fingerprint density at radius 1 is 1.47 bits per heavy atom. The van der Waals surface area contributed by atoms with Crippen molar-refractivity contribution in [3.8, 4) is 0 Å². The lowest BCUT2D eigenvalue weighted by Crippen LogP contribution is -2.26. The van der Waals surface area contributed by atoms with Crippen molar-refractivity contribution < 1.29 is 4.79 Å². The minimum absolute atomic E-state index is 0.00343. The smallest absolute Gasteiger partial charge is 0.268 e. The molecule has 2 heterocycles. The van der Waals surface area contributed by atoms with Crippen LogP contribution in [0.1, 0.15) is 23.3 Å². The first-order valence-electron chi connectivity index (χ1n) is 5.06. The van der Waals surface area contributed by atoms with Gasteiger partial charge in [0.05, 0.1) is 11.7 Å². The van der Waals surface area contributed by atoms with E-state index in [4.69, 9.17) is 0 Å². The van der Waals surface area contributed by atoms with Crippen LogP contribution >= 0.6 is 0 Å². The summed E-state index contributed by atoms with van der Waals surface area (Å²) < 4.78 is 1.85. The van der Waals surface area contributed by atoms with Crippen LogP contribution in [0.2, 0.25) is 0 Å². The van der Waals surface area contributed by atoms with E-state index in [-0.39, 0.29) is 5.91 Å². The highest BCUT2D eigenvalue weighted by atomic mass is 16.2.